The molecule has 0 atom stereocenters. The average Bonchev–Trinajstić information content (AvgIpc) is 4.05. The summed E-state index contributed by atoms with van der Waals surface area (Å²) in [5, 5.41) is 1.73. The largest absolute Gasteiger partial charge is 0.496 e. The van der Waals surface area contributed by atoms with Gasteiger partial charge in [-0.05, 0) is 18.2 Å². The Labute approximate surface area is 350 Å². The predicted molar refractivity (Wildman–Crippen MR) is 238 cm³/mol. The fourth-order valence-corrected chi connectivity index (χ4v) is 9.35. The van der Waals surface area contributed by atoms with Crippen molar-refractivity contribution in [3.63, 3.8) is 0 Å². The number of methoxy groups -OCH3 is 2. The molecule has 2 N–H and O–H groups in total. The van der Waals surface area contributed by atoms with Crippen LogP contribution in [0.3, 0.4) is 0 Å². The molecule has 0 aliphatic carbocycles. The fraction of sp³-hybridized carbons (Fsp3) is 0.0625. The van der Waals surface area contributed by atoms with E-state index in [4.69, 9.17) is 44.1 Å². The van der Waals surface area contributed by atoms with Crippen molar-refractivity contribution in [3.8, 4) is 62.8 Å². The summed E-state index contributed by atoms with van der Waals surface area (Å²) in [6, 6.07) is 44.2. The van der Waals surface area contributed by atoms with Crippen molar-refractivity contribution in [1.29, 1.82) is 0 Å². The van der Waals surface area contributed by atoms with Crippen molar-refractivity contribution in [2.75, 3.05) is 14.2 Å². The van der Waals surface area contributed by atoms with Gasteiger partial charge in [0, 0.05) is 59.8 Å². The molecule has 5 heterocycles. The Morgan fingerprint density at radius 1 is 0.459 bits per heavy atom. The second-order valence-corrected chi connectivity index (χ2v) is 16.3. The summed E-state index contributed by atoms with van der Waals surface area (Å²) >= 11 is 0. The number of esters is 1. The minimum atomic E-state index is -1.26. The fourth-order valence-electron chi connectivity index (χ4n) is 8.43. The van der Waals surface area contributed by atoms with Crippen LogP contribution in [0.5, 0.6) is 17.2 Å². The number of carbonyl (C=O) groups is 1. The molecule has 0 amide bonds. The lowest BCUT2D eigenvalue weighted by Crippen LogP contribution is -2.41. The van der Waals surface area contributed by atoms with Gasteiger partial charge in [-0.15, -0.1) is 0 Å². The average molecular weight is 815 g/mol. The Morgan fingerprint density at radius 3 is 1.33 bits per heavy atom. The molecule has 294 valence electrons. The highest BCUT2D eigenvalue weighted by Gasteiger charge is 2.43. The van der Waals surface area contributed by atoms with Crippen LogP contribution in [-0.2, 0) is 9.83 Å². The van der Waals surface area contributed by atoms with E-state index in [-0.39, 0.29) is 5.75 Å². The number of carbonyl (C=O) groups excluding carboxylic acids is 1. The monoisotopic (exact) mass is 814 g/mol. The van der Waals surface area contributed by atoms with Crippen LogP contribution in [0.15, 0.2) is 140 Å². The topological polar surface area (TPSA) is 154 Å². The number of ether oxygens (including phenoxy) is 3. The van der Waals surface area contributed by atoms with Crippen molar-refractivity contribution in [3.05, 3.63) is 151 Å². The minimum absolute atomic E-state index is 0.281. The van der Waals surface area contributed by atoms with E-state index in [0.29, 0.717) is 89.5 Å². The van der Waals surface area contributed by atoms with Gasteiger partial charge in [0.1, 0.15) is 44.9 Å². The van der Waals surface area contributed by atoms with Gasteiger partial charge in [0.05, 0.1) is 19.6 Å². The van der Waals surface area contributed by atoms with Crippen molar-refractivity contribution in [2.45, 2.75) is 5.04 Å². The molecule has 0 radical (unpaired) electrons. The minimum Gasteiger partial charge on any atom is -0.496 e. The molecule has 8 bridgehead atoms. The molecule has 6 aromatic carbocycles. The number of benzene rings is 6. The third kappa shape index (κ3) is 5.69. The first-order valence-electron chi connectivity index (χ1n) is 19.7. The van der Waals surface area contributed by atoms with Gasteiger partial charge in [-0.3, -0.25) is 4.79 Å². The van der Waals surface area contributed by atoms with Crippen LogP contribution >= 0.6 is 0 Å². The second kappa shape index (κ2) is 14.1. The summed E-state index contributed by atoms with van der Waals surface area (Å²) in [5.41, 5.74) is 6.67. The van der Waals surface area contributed by atoms with Crippen molar-refractivity contribution < 1.29 is 19.0 Å². The zero-order valence-corrected chi connectivity index (χ0v) is 35.1. The molecule has 3 aromatic heterocycles. The summed E-state index contributed by atoms with van der Waals surface area (Å²) in [6.07, 6.45) is 0. The highest BCUT2D eigenvalue weighted by atomic mass is 28.1. The third-order valence-electron chi connectivity index (χ3n) is 11.4. The van der Waals surface area contributed by atoms with Gasteiger partial charge < -0.3 is 24.2 Å². The highest BCUT2D eigenvalue weighted by Crippen LogP contribution is 2.43. The maximum Gasteiger partial charge on any atom is 0.322 e. The van der Waals surface area contributed by atoms with Crippen LogP contribution < -0.4 is 14.2 Å². The lowest BCUT2D eigenvalue weighted by Gasteiger charge is -2.31. The smallest absolute Gasteiger partial charge is 0.322 e. The van der Waals surface area contributed by atoms with Gasteiger partial charge in [-0.1, -0.05) is 121 Å². The van der Waals surface area contributed by atoms with E-state index in [1.807, 2.05) is 133 Å². The number of para-hydroxylation sites is 2. The van der Waals surface area contributed by atoms with Crippen molar-refractivity contribution >= 4 is 60.3 Å². The number of aromatic amines is 2. The van der Waals surface area contributed by atoms with E-state index in [1.54, 1.807) is 20.3 Å². The van der Waals surface area contributed by atoms with E-state index in [9.17, 15) is 0 Å². The second-order valence-electron chi connectivity index (χ2n) is 14.8. The van der Waals surface area contributed by atoms with Gasteiger partial charge in [0.15, 0.2) is 23.3 Å². The van der Waals surface area contributed by atoms with E-state index in [1.165, 1.54) is 0 Å². The van der Waals surface area contributed by atoms with Gasteiger partial charge in [-0.25, -0.2) is 29.9 Å². The van der Waals surface area contributed by atoms with Gasteiger partial charge in [0.25, 0.3) is 0 Å². The number of nitrogens with one attached hydrogen (secondary N) is 2. The molecule has 2 aliphatic rings. The van der Waals surface area contributed by atoms with E-state index in [0.717, 1.165) is 33.0 Å². The molecule has 61 heavy (non-hydrogen) atoms. The van der Waals surface area contributed by atoms with Crippen LogP contribution in [0.2, 0.25) is 0 Å². The first-order chi connectivity index (χ1) is 29.9. The number of H-pyrrole nitrogens is 2. The number of rotatable bonds is 6. The molecule has 13 heteroatoms. The van der Waals surface area contributed by atoms with E-state index >= 15 is 4.79 Å². The lowest BCUT2D eigenvalue weighted by molar-refractivity contribution is -0.136. The zero-order valence-electron chi connectivity index (χ0n) is 33.1. The summed E-state index contributed by atoms with van der Waals surface area (Å²) < 4.78 is 18.3. The molecule has 11 rings (SSSR count). The normalized spacial score (nSPS) is 12.0. The number of hydrogen-bond acceptors (Lipinski definition) is 10. The van der Waals surface area contributed by atoms with E-state index < -0.39 is 11.0 Å². The Balaban J connectivity index is 1.21. The molecular weight excluding hydrogens is 781 g/mol. The quantitative estimate of drug-likeness (QED) is 0.0957. The van der Waals surface area contributed by atoms with Crippen LogP contribution in [0.25, 0.3) is 89.7 Å². The molecule has 9 aromatic rings. The van der Waals surface area contributed by atoms with Crippen LogP contribution in [0.4, 0.5) is 0 Å². The molecule has 12 nitrogen and oxygen atoms in total. The Kier molecular flexibility index (Phi) is 8.32. The van der Waals surface area contributed by atoms with Crippen molar-refractivity contribution in [1.82, 2.24) is 39.9 Å². The Bertz CT molecular complexity index is 3400. The molecule has 0 unspecified atom stereocenters. The first-order valence-corrected chi connectivity index (χ1v) is 20.7. The molecule has 0 fully saturated rings. The molecular formula is C48H34N8O4Si. The number of hydrogen-bond donors (Lipinski definition) is 2. The molecule has 2 aliphatic heterocycles. The SMILES string of the molecule is COc1ccccc1C([SiH3])(C(=O)Oc1cccc2c3nc4nc(nc5[nH]c(nc6nc(nc([nH]3)c12)-c1ccccc1-6)c1ccccc51)-c1ccccc1-4)c1ccccc1OC. The third-order valence-corrected chi connectivity index (χ3v) is 12.9. The standard InChI is InChI=1S/C48H34N8O4Si/c1-58-35-23-11-9-21-33(35)48(61,34-22-10-12-24-36(34)59-2)47(57)60-37-25-13-20-32-38(37)46-55-44-31-19-8-7-18-30(31)42(53-44)51-40-27-15-4-3-14-26(27)39(49-40)50-41-28-16-5-6-17-29(28)43(52-41)54-45(32)56-46/h3-25H,1-2,61H3,(H2,49,50,51,52,53,54,55,56). The summed E-state index contributed by atoms with van der Waals surface area (Å²) in [7, 11) is 3.49. The Hall–Kier alpha value is -8.03. The summed E-state index contributed by atoms with van der Waals surface area (Å²) in [6.45, 7) is 0. The van der Waals surface area contributed by atoms with Gasteiger partial charge in [-0.2, -0.15) is 0 Å². The zero-order chi connectivity index (χ0) is 41.2. The molecule has 0 saturated carbocycles. The van der Waals surface area contributed by atoms with Crippen LogP contribution in [0.1, 0.15) is 11.1 Å². The number of aromatic nitrogens is 8. The maximum atomic E-state index is 15.2. The first kappa shape index (κ1) is 36.1. The summed E-state index contributed by atoms with van der Waals surface area (Å²) in [4.78, 5) is 52.7. The molecule has 0 saturated heterocycles. The number of nitrogens with zero attached hydrogens (tertiary/aromatic N) is 6. The number of fused-ring (bicyclic) bond motifs is 20. The van der Waals surface area contributed by atoms with Crippen molar-refractivity contribution in [2.24, 2.45) is 0 Å². The highest BCUT2D eigenvalue weighted by molar-refractivity contribution is 6.31. The molecule has 0 spiro atoms. The van der Waals surface area contributed by atoms with E-state index in [2.05, 4.69) is 9.97 Å². The predicted octanol–water partition coefficient (Wildman–Crippen LogP) is 8.10. The van der Waals surface area contributed by atoms with Crippen LogP contribution in [-0.4, -0.2) is 70.3 Å². The maximum absolute atomic E-state index is 15.2. The Morgan fingerprint density at radius 2 is 0.836 bits per heavy atom. The lowest BCUT2D eigenvalue weighted by atomic mass is 9.88. The van der Waals surface area contributed by atoms with Gasteiger partial charge >= 0.3 is 5.97 Å². The van der Waals surface area contributed by atoms with Gasteiger partial charge in [0.2, 0.25) is 0 Å². The summed E-state index contributed by atoms with van der Waals surface area (Å²) in [5.74, 6) is 2.77. The van der Waals surface area contributed by atoms with Crippen LogP contribution in [0, 0.1) is 0 Å².